The largest absolute Gasteiger partial charge is 0.494 e. The van der Waals surface area contributed by atoms with E-state index in [4.69, 9.17) is 19.4 Å². The number of nitrogens with one attached hydrogen (secondary N) is 1. The van der Waals surface area contributed by atoms with Crippen LogP contribution in [-0.4, -0.2) is 48.3 Å². The molecular formula is C24H25FN4O2S2. The molecule has 0 unspecified atom stereocenters. The summed E-state index contributed by atoms with van der Waals surface area (Å²) >= 11 is 3.32. The maximum Gasteiger partial charge on any atom is 0.165 e. The van der Waals surface area contributed by atoms with Crippen LogP contribution in [0.1, 0.15) is 24.4 Å². The maximum atomic E-state index is 14.3. The average Bonchev–Trinajstić information content (AvgIpc) is 3.49. The molecule has 4 aromatic rings. The molecule has 1 saturated heterocycles. The first kappa shape index (κ1) is 22.2. The monoisotopic (exact) mass is 484 g/mol. The van der Waals surface area contributed by atoms with E-state index in [1.54, 1.807) is 28.7 Å². The van der Waals surface area contributed by atoms with Gasteiger partial charge in [0.2, 0.25) is 0 Å². The van der Waals surface area contributed by atoms with E-state index in [2.05, 4.69) is 27.0 Å². The number of anilines is 1. The zero-order chi connectivity index (χ0) is 22.8. The van der Waals surface area contributed by atoms with Gasteiger partial charge in [0.05, 0.1) is 38.3 Å². The summed E-state index contributed by atoms with van der Waals surface area (Å²) in [5.41, 5.74) is 1.95. The lowest BCUT2D eigenvalue weighted by molar-refractivity contribution is 0.0331. The van der Waals surface area contributed by atoms with Crippen molar-refractivity contribution in [2.75, 3.05) is 38.7 Å². The van der Waals surface area contributed by atoms with Crippen LogP contribution in [-0.2, 0) is 11.3 Å². The highest BCUT2D eigenvalue weighted by atomic mass is 32.1. The first-order chi connectivity index (χ1) is 16.1. The maximum absolute atomic E-state index is 14.3. The Morgan fingerprint density at radius 1 is 1.21 bits per heavy atom. The molecule has 1 aliphatic rings. The zero-order valence-electron chi connectivity index (χ0n) is 18.5. The Kier molecular flexibility index (Phi) is 6.55. The molecule has 1 aromatic carbocycles. The zero-order valence-corrected chi connectivity index (χ0v) is 20.1. The van der Waals surface area contributed by atoms with E-state index >= 15 is 0 Å². The first-order valence-electron chi connectivity index (χ1n) is 10.8. The minimum atomic E-state index is -0.376. The molecule has 3 aromatic heterocycles. The van der Waals surface area contributed by atoms with Crippen molar-refractivity contribution in [3.63, 3.8) is 0 Å². The van der Waals surface area contributed by atoms with Gasteiger partial charge in [0.1, 0.15) is 16.5 Å². The number of hydrogen-bond acceptors (Lipinski definition) is 8. The van der Waals surface area contributed by atoms with E-state index in [1.165, 1.54) is 18.1 Å². The van der Waals surface area contributed by atoms with Crippen molar-refractivity contribution in [1.29, 1.82) is 0 Å². The minimum Gasteiger partial charge on any atom is -0.494 e. The average molecular weight is 485 g/mol. The van der Waals surface area contributed by atoms with Gasteiger partial charge in [-0.1, -0.05) is 12.1 Å². The number of ether oxygens (including phenoxy) is 2. The molecular weight excluding hydrogens is 459 g/mol. The van der Waals surface area contributed by atoms with Gasteiger partial charge in [-0.3, -0.25) is 4.90 Å². The van der Waals surface area contributed by atoms with Gasteiger partial charge in [0.25, 0.3) is 0 Å². The van der Waals surface area contributed by atoms with Gasteiger partial charge in [-0.15, -0.1) is 22.7 Å². The molecule has 6 nitrogen and oxygen atoms in total. The summed E-state index contributed by atoms with van der Waals surface area (Å²) in [5.74, 6) is 1.41. The van der Waals surface area contributed by atoms with Crippen LogP contribution in [0.25, 0.3) is 20.7 Å². The van der Waals surface area contributed by atoms with Gasteiger partial charge in [-0.2, -0.15) is 0 Å². The normalized spacial score (nSPS) is 15.6. The molecule has 1 fully saturated rings. The smallest absolute Gasteiger partial charge is 0.165 e. The number of methoxy groups -OCH3 is 1. The van der Waals surface area contributed by atoms with Crippen LogP contribution in [0.2, 0.25) is 0 Å². The van der Waals surface area contributed by atoms with Gasteiger partial charge < -0.3 is 14.8 Å². The standard InChI is InChI=1S/C24H25FN4O2S2/c1-15(16-5-6-19(30-2)18(25)12-16)26-23-22-17(20-4-3-11-32-20)14-33-24(22)28-21(27-23)13-29-7-9-31-10-8-29/h3-6,11-12,14-15H,7-10,13H2,1-2H3,(H,26,27,28)/t15-/m0/s1. The Bertz CT molecular complexity index is 1240. The van der Waals surface area contributed by atoms with E-state index in [-0.39, 0.29) is 17.6 Å². The molecule has 4 heterocycles. The Hall–Kier alpha value is -2.59. The fraction of sp³-hybridized carbons (Fsp3) is 0.333. The molecule has 33 heavy (non-hydrogen) atoms. The number of fused-ring (bicyclic) bond motifs is 1. The predicted molar refractivity (Wildman–Crippen MR) is 132 cm³/mol. The van der Waals surface area contributed by atoms with Crippen molar-refractivity contribution in [2.45, 2.75) is 19.5 Å². The highest BCUT2D eigenvalue weighted by molar-refractivity contribution is 7.18. The van der Waals surface area contributed by atoms with Crippen LogP contribution in [0.15, 0.2) is 41.1 Å². The summed E-state index contributed by atoms with van der Waals surface area (Å²) in [6, 6.07) is 9.05. The summed E-state index contributed by atoms with van der Waals surface area (Å²) in [7, 11) is 1.47. The van der Waals surface area contributed by atoms with E-state index in [0.29, 0.717) is 6.54 Å². The number of benzene rings is 1. The second-order valence-electron chi connectivity index (χ2n) is 7.94. The first-order valence-corrected chi connectivity index (χ1v) is 12.6. The molecule has 1 atom stereocenters. The highest BCUT2D eigenvalue weighted by Crippen LogP contribution is 2.40. The molecule has 172 valence electrons. The van der Waals surface area contributed by atoms with Gasteiger partial charge in [0.15, 0.2) is 11.6 Å². The summed E-state index contributed by atoms with van der Waals surface area (Å²) in [6.45, 7) is 5.89. The molecule has 0 spiro atoms. The molecule has 0 bridgehead atoms. The number of aromatic nitrogens is 2. The number of hydrogen-bond donors (Lipinski definition) is 1. The van der Waals surface area contributed by atoms with Crippen LogP contribution in [0.3, 0.4) is 0 Å². The molecule has 1 aliphatic heterocycles. The summed E-state index contributed by atoms with van der Waals surface area (Å²) in [6.07, 6.45) is 0. The number of halogens is 1. The lowest BCUT2D eigenvalue weighted by Crippen LogP contribution is -2.36. The lowest BCUT2D eigenvalue weighted by Gasteiger charge is -2.26. The summed E-state index contributed by atoms with van der Waals surface area (Å²) in [5, 5.41) is 8.77. The Labute approximate surface area is 200 Å². The fourth-order valence-electron chi connectivity index (χ4n) is 3.97. The molecule has 5 rings (SSSR count). The van der Waals surface area contributed by atoms with E-state index in [1.807, 2.05) is 19.1 Å². The van der Waals surface area contributed by atoms with E-state index in [9.17, 15) is 4.39 Å². The molecule has 0 aliphatic carbocycles. The van der Waals surface area contributed by atoms with Crippen LogP contribution in [0, 0.1) is 5.82 Å². The van der Waals surface area contributed by atoms with Crippen molar-refractivity contribution in [1.82, 2.24) is 14.9 Å². The minimum absolute atomic E-state index is 0.157. The second kappa shape index (κ2) is 9.72. The van der Waals surface area contributed by atoms with Crippen LogP contribution >= 0.6 is 22.7 Å². The number of morpholine rings is 1. The van der Waals surface area contributed by atoms with Gasteiger partial charge in [0, 0.05) is 28.9 Å². The third-order valence-corrected chi connectivity index (χ3v) is 7.54. The van der Waals surface area contributed by atoms with Crippen molar-refractivity contribution in [2.24, 2.45) is 0 Å². The quantitative estimate of drug-likeness (QED) is 0.370. The molecule has 0 radical (unpaired) electrons. The molecule has 0 saturated carbocycles. The van der Waals surface area contributed by atoms with Crippen molar-refractivity contribution >= 4 is 38.7 Å². The van der Waals surface area contributed by atoms with Crippen LogP contribution in [0.5, 0.6) is 5.75 Å². The fourth-order valence-corrected chi connectivity index (χ4v) is 5.75. The third kappa shape index (κ3) is 4.72. The molecule has 1 N–H and O–H groups in total. The number of thiophene rings is 2. The summed E-state index contributed by atoms with van der Waals surface area (Å²) < 4.78 is 24.9. The third-order valence-electron chi connectivity index (χ3n) is 5.76. The Morgan fingerprint density at radius 3 is 2.79 bits per heavy atom. The topological polar surface area (TPSA) is 59.5 Å². The number of rotatable bonds is 7. The van der Waals surface area contributed by atoms with E-state index in [0.717, 1.165) is 59.3 Å². The van der Waals surface area contributed by atoms with Gasteiger partial charge in [-0.05, 0) is 36.1 Å². The highest BCUT2D eigenvalue weighted by Gasteiger charge is 2.20. The Balaban J connectivity index is 1.52. The van der Waals surface area contributed by atoms with Gasteiger partial charge >= 0.3 is 0 Å². The number of nitrogens with zero attached hydrogens (tertiary/aromatic N) is 3. The van der Waals surface area contributed by atoms with Crippen molar-refractivity contribution in [3.8, 4) is 16.2 Å². The SMILES string of the molecule is COc1ccc([C@H](C)Nc2nc(CN3CCOCC3)nc3scc(-c4cccs4)c23)cc1F. The Morgan fingerprint density at radius 2 is 2.06 bits per heavy atom. The van der Waals surface area contributed by atoms with Crippen LogP contribution in [0.4, 0.5) is 10.2 Å². The van der Waals surface area contributed by atoms with E-state index < -0.39 is 0 Å². The predicted octanol–water partition coefficient (Wildman–Crippen LogP) is 5.57. The lowest BCUT2D eigenvalue weighted by atomic mass is 10.1. The van der Waals surface area contributed by atoms with Crippen LogP contribution < -0.4 is 10.1 Å². The second-order valence-corrected chi connectivity index (χ2v) is 9.75. The van der Waals surface area contributed by atoms with Crippen molar-refractivity contribution < 1.29 is 13.9 Å². The molecule has 0 amide bonds. The molecule has 9 heteroatoms. The summed E-state index contributed by atoms with van der Waals surface area (Å²) in [4.78, 5) is 14.3. The van der Waals surface area contributed by atoms with Gasteiger partial charge in [-0.25, -0.2) is 14.4 Å². The van der Waals surface area contributed by atoms with Crippen molar-refractivity contribution in [3.05, 3.63) is 58.3 Å².